The van der Waals surface area contributed by atoms with Gasteiger partial charge in [-0.1, -0.05) is 64.7 Å². The van der Waals surface area contributed by atoms with Gasteiger partial charge in [0.15, 0.2) is 0 Å². The molecule has 0 N–H and O–H groups in total. The largest absolute Gasteiger partial charge is 0.382 e. The SMILES string of the molecule is CCCCCCCCCCCCOC(COCCOCCOCCOC)COCCOCCOCCOC. The van der Waals surface area contributed by atoms with E-state index in [1.54, 1.807) is 14.2 Å². The van der Waals surface area contributed by atoms with Crippen LogP contribution in [0.25, 0.3) is 0 Å². The van der Waals surface area contributed by atoms with Crippen LogP contribution in [0.5, 0.6) is 0 Å². The lowest BCUT2D eigenvalue weighted by Crippen LogP contribution is -2.28. The van der Waals surface area contributed by atoms with Gasteiger partial charge in [-0.2, -0.15) is 0 Å². The monoisotopic (exact) mass is 552 g/mol. The molecule has 0 aromatic heterocycles. The molecule has 0 aromatic rings. The van der Waals surface area contributed by atoms with E-state index in [2.05, 4.69) is 6.92 Å². The van der Waals surface area contributed by atoms with Gasteiger partial charge in [0.2, 0.25) is 0 Å². The Balaban J connectivity index is 3.87. The fraction of sp³-hybridized carbons (Fsp3) is 1.00. The van der Waals surface area contributed by atoms with Crippen molar-refractivity contribution in [2.24, 2.45) is 0 Å². The molecule has 0 bridgehead atoms. The van der Waals surface area contributed by atoms with Crippen molar-refractivity contribution in [3.05, 3.63) is 0 Å². The minimum absolute atomic E-state index is 0.0941. The van der Waals surface area contributed by atoms with Gasteiger partial charge < -0.3 is 42.6 Å². The molecule has 0 amide bonds. The number of unbranched alkanes of at least 4 members (excludes halogenated alkanes) is 9. The normalized spacial score (nSPS) is 11.7. The Kier molecular flexibility index (Phi) is 34.3. The molecule has 0 unspecified atom stereocenters. The molecule has 0 aliphatic rings. The number of hydrogen-bond acceptors (Lipinski definition) is 9. The maximum Gasteiger partial charge on any atom is 0.104 e. The Morgan fingerprint density at radius 1 is 0.368 bits per heavy atom. The average molecular weight is 553 g/mol. The van der Waals surface area contributed by atoms with Crippen molar-refractivity contribution in [1.82, 2.24) is 0 Å². The van der Waals surface area contributed by atoms with E-state index in [0.29, 0.717) is 92.5 Å². The van der Waals surface area contributed by atoms with Crippen molar-refractivity contribution in [2.45, 2.75) is 77.2 Å². The van der Waals surface area contributed by atoms with Crippen molar-refractivity contribution in [1.29, 1.82) is 0 Å². The summed E-state index contributed by atoms with van der Waals surface area (Å²) in [5, 5.41) is 0. The lowest BCUT2D eigenvalue weighted by atomic mass is 10.1. The fourth-order valence-corrected chi connectivity index (χ4v) is 3.58. The lowest BCUT2D eigenvalue weighted by molar-refractivity contribution is -0.0764. The molecule has 0 fully saturated rings. The average Bonchev–Trinajstić information content (AvgIpc) is 2.93. The second kappa shape index (κ2) is 34.7. The van der Waals surface area contributed by atoms with E-state index >= 15 is 0 Å². The summed E-state index contributed by atoms with van der Waals surface area (Å²) in [7, 11) is 3.32. The van der Waals surface area contributed by atoms with Crippen molar-refractivity contribution in [3.8, 4) is 0 Å². The van der Waals surface area contributed by atoms with E-state index in [-0.39, 0.29) is 6.10 Å². The zero-order valence-corrected chi connectivity index (χ0v) is 24.9. The van der Waals surface area contributed by atoms with Crippen LogP contribution in [0.2, 0.25) is 0 Å². The zero-order chi connectivity index (χ0) is 27.6. The van der Waals surface area contributed by atoms with E-state index in [0.717, 1.165) is 13.0 Å². The molecule has 0 aliphatic heterocycles. The van der Waals surface area contributed by atoms with Gasteiger partial charge in [0, 0.05) is 20.8 Å². The summed E-state index contributed by atoms with van der Waals surface area (Å²) in [4.78, 5) is 0. The summed E-state index contributed by atoms with van der Waals surface area (Å²) >= 11 is 0. The molecule has 0 spiro atoms. The first kappa shape index (κ1) is 37.6. The van der Waals surface area contributed by atoms with Gasteiger partial charge in [-0.15, -0.1) is 0 Å². The highest BCUT2D eigenvalue weighted by Gasteiger charge is 2.10. The summed E-state index contributed by atoms with van der Waals surface area (Å²) in [6.45, 7) is 10.6. The van der Waals surface area contributed by atoms with Crippen LogP contribution >= 0.6 is 0 Å². The third kappa shape index (κ3) is 31.9. The van der Waals surface area contributed by atoms with Crippen LogP contribution in [0.1, 0.15) is 71.1 Å². The molecule has 0 heterocycles. The van der Waals surface area contributed by atoms with Crippen LogP contribution in [0.15, 0.2) is 0 Å². The molecule has 0 radical (unpaired) electrons. The van der Waals surface area contributed by atoms with Crippen molar-refractivity contribution >= 4 is 0 Å². The molecule has 38 heavy (non-hydrogen) atoms. The smallest absolute Gasteiger partial charge is 0.104 e. The topological polar surface area (TPSA) is 83.1 Å². The predicted octanol–water partition coefficient (Wildman–Crippen LogP) is 4.68. The molecule has 9 heteroatoms. The Morgan fingerprint density at radius 2 is 0.711 bits per heavy atom. The fourth-order valence-electron chi connectivity index (χ4n) is 3.58. The summed E-state index contributed by atoms with van der Waals surface area (Å²) in [5.41, 5.74) is 0. The van der Waals surface area contributed by atoms with Gasteiger partial charge in [0.25, 0.3) is 0 Å². The number of methoxy groups -OCH3 is 2. The maximum atomic E-state index is 6.08. The molecule has 0 aromatic carbocycles. The molecule has 0 aliphatic carbocycles. The Morgan fingerprint density at radius 3 is 1.11 bits per heavy atom. The summed E-state index contributed by atoms with van der Waals surface area (Å²) in [5.74, 6) is 0. The van der Waals surface area contributed by atoms with Crippen LogP contribution in [-0.2, 0) is 42.6 Å². The first-order valence-electron chi connectivity index (χ1n) is 14.9. The van der Waals surface area contributed by atoms with E-state index < -0.39 is 0 Å². The molecule has 0 atom stereocenters. The third-order valence-corrected chi connectivity index (χ3v) is 5.81. The molecule has 0 saturated carbocycles. The number of hydrogen-bond donors (Lipinski definition) is 0. The van der Waals surface area contributed by atoms with Crippen LogP contribution in [-0.4, -0.2) is 119 Å². The highest BCUT2D eigenvalue weighted by Crippen LogP contribution is 2.11. The highest BCUT2D eigenvalue weighted by molar-refractivity contribution is 4.57. The van der Waals surface area contributed by atoms with Crippen molar-refractivity contribution in [2.75, 3.05) is 113 Å². The quantitative estimate of drug-likeness (QED) is 0.106. The second-order valence-corrected chi connectivity index (χ2v) is 9.26. The van der Waals surface area contributed by atoms with Gasteiger partial charge in [-0.05, 0) is 6.42 Å². The molecule has 0 rings (SSSR count). The molecule has 230 valence electrons. The zero-order valence-electron chi connectivity index (χ0n) is 24.9. The Hall–Kier alpha value is -0.360. The molecular formula is C29H60O9. The van der Waals surface area contributed by atoms with Crippen LogP contribution in [0, 0.1) is 0 Å². The van der Waals surface area contributed by atoms with E-state index in [1.807, 2.05) is 0 Å². The molecule has 9 nitrogen and oxygen atoms in total. The molecule has 0 saturated heterocycles. The predicted molar refractivity (Wildman–Crippen MR) is 150 cm³/mol. The summed E-state index contributed by atoms with van der Waals surface area (Å²) in [6, 6.07) is 0. The highest BCUT2D eigenvalue weighted by atomic mass is 16.6. The van der Waals surface area contributed by atoms with Gasteiger partial charge in [0.05, 0.1) is 92.5 Å². The van der Waals surface area contributed by atoms with E-state index in [9.17, 15) is 0 Å². The first-order chi connectivity index (χ1) is 18.8. The summed E-state index contributed by atoms with van der Waals surface area (Å²) < 4.78 is 49.4. The van der Waals surface area contributed by atoms with Gasteiger partial charge in [-0.3, -0.25) is 0 Å². The van der Waals surface area contributed by atoms with Gasteiger partial charge in [-0.25, -0.2) is 0 Å². The number of ether oxygens (including phenoxy) is 9. The van der Waals surface area contributed by atoms with Crippen LogP contribution < -0.4 is 0 Å². The molecular weight excluding hydrogens is 492 g/mol. The van der Waals surface area contributed by atoms with Crippen molar-refractivity contribution in [3.63, 3.8) is 0 Å². The second-order valence-electron chi connectivity index (χ2n) is 9.26. The van der Waals surface area contributed by atoms with E-state index in [4.69, 9.17) is 42.6 Å². The standard InChI is InChI=1S/C29H60O9/c1-4-5-6-7-8-9-10-11-12-13-14-38-29(27-36-25-23-34-21-19-32-17-15-30-2)28-37-26-24-35-22-20-33-18-16-31-3/h29H,4-28H2,1-3H3. The third-order valence-electron chi connectivity index (χ3n) is 5.81. The van der Waals surface area contributed by atoms with Crippen molar-refractivity contribution < 1.29 is 42.6 Å². The lowest BCUT2D eigenvalue weighted by Gasteiger charge is -2.18. The van der Waals surface area contributed by atoms with Crippen LogP contribution in [0.3, 0.4) is 0 Å². The minimum Gasteiger partial charge on any atom is -0.382 e. The minimum atomic E-state index is -0.0941. The van der Waals surface area contributed by atoms with Gasteiger partial charge >= 0.3 is 0 Å². The van der Waals surface area contributed by atoms with Crippen LogP contribution in [0.4, 0.5) is 0 Å². The summed E-state index contributed by atoms with van der Waals surface area (Å²) in [6.07, 6.45) is 13.0. The maximum absolute atomic E-state index is 6.08. The Labute approximate surface area is 233 Å². The van der Waals surface area contributed by atoms with Gasteiger partial charge in [0.1, 0.15) is 6.10 Å². The first-order valence-corrected chi connectivity index (χ1v) is 14.9. The number of rotatable bonds is 34. The van der Waals surface area contributed by atoms with E-state index in [1.165, 1.54) is 57.8 Å². The Bertz CT molecular complexity index is 392.